The first-order chi connectivity index (χ1) is 14.0. The van der Waals surface area contributed by atoms with Gasteiger partial charge in [0, 0.05) is 17.0 Å². The molecule has 0 saturated carbocycles. The van der Waals surface area contributed by atoms with Crippen molar-refractivity contribution in [2.24, 2.45) is 0 Å². The van der Waals surface area contributed by atoms with E-state index in [1.165, 1.54) is 4.88 Å². The van der Waals surface area contributed by atoms with Gasteiger partial charge < -0.3 is 14.7 Å². The Bertz CT molecular complexity index is 1120. The number of benzene rings is 1. The van der Waals surface area contributed by atoms with Gasteiger partial charge >= 0.3 is 0 Å². The molecule has 6 nitrogen and oxygen atoms in total. The van der Waals surface area contributed by atoms with E-state index in [1.54, 1.807) is 11.3 Å². The van der Waals surface area contributed by atoms with Crippen LogP contribution >= 0.6 is 11.3 Å². The fourth-order valence-electron chi connectivity index (χ4n) is 3.33. The van der Waals surface area contributed by atoms with Crippen LogP contribution in [0.2, 0.25) is 0 Å². The van der Waals surface area contributed by atoms with Gasteiger partial charge in [-0.25, -0.2) is 4.98 Å². The lowest BCUT2D eigenvalue weighted by molar-refractivity contribution is 0.0944. The number of likely N-dealkylation sites (N-methyl/N-ethyl adjacent to an activating group) is 1. The maximum Gasteiger partial charge on any atom is 0.259 e. The minimum absolute atomic E-state index is 0.105. The molecule has 1 N–H and O–H groups in total. The molecule has 0 fully saturated rings. The van der Waals surface area contributed by atoms with Crippen LogP contribution in [0.15, 0.2) is 58.4 Å². The van der Waals surface area contributed by atoms with Crippen LogP contribution < -0.4 is 5.32 Å². The molecule has 0 spiro atoms. The predicted octanol–water partition coefficient (Wildman–Crippen LogP) is 4.29. The molecule has 3 heterocycles. The number of rotatable bonds is 6. The molecule has 0 bridgehead atoms. The van der Waals surface area contributed by atoms with Crippen LogP contribution in [0, 0.1) is 6.92 Å². The number of hydrogen-bond donors (Lipinski definition) is 1. The van der Waals surface area contributed by atoms with E-state index in [-0.39, 0.29) is 11.9 Å². The van der Waals surface area contributed by atoms with E-state index in [1.807, 2.05) is 68.9 Å². The molecule has 0 saturated heterocycles. The number of fused-ring (bicyclic) bond motifs is 1. The van der Waals surface area contributed by atoms with Crippen LogP contribution in [-0.2, 0) is 0 Å². The van der Waals surface area contributed by atoms with Gasteiger partial charge in [0.1, 0.15) is 0 Å². The lowest BCUT2D eigenvalue weighted by Crippen LogP contribution is -2.34. The zero-order valence-corrected chi connectivity index (χ0v) is 17.4. The highest BCUT2D eigenvalue weighted by Gasteiger charge is 2.21. The normalized spacial score (nSPS) is 12.4. The number of carbonyl (C=O) groups excluding carboxylic acids is 1. The summed E-state index contributed by atoms with van der Waals surface area (Å²) in [4.78, 5) is 21.0. The van der Waals surface area contributed by atoms with E-state index >= 15 is 0 Å². The largest absolute Gasteiger partial charge is 0.350 e. The third kappa shape index (κ3) is 3.92. The molecule has 0 aliphatic heterocycles. The molecule has 3 aromatic heterocycles. The Hall–Kier alpha value is -3.03. The van der Waals surface area contributed by atoms with Crippen molar-refractivity contribution >= 4 is 28.3 Å². The molecule has 7 heteroatoms. The van der Waals surface area contributed by atoms with Crippen LogP contribution in [0.5, 0.6) is 0 Å². The summed E-state index contributed by atoms with van der Waals surface area (Å²) < 4.78 is 5.38. The molecular formula is C22H22N4O2S. The van der Waals surface area contributed by atoms with Gasteiger partial charge in [0.2, 0.25) is 0 Å². The number of carbonyl (C=O) groups is 1. The van der Waals surface area contributed by atoms with E-state index in [0.717, 1.165) is 5.56 Å². The Balaban J connectivity index is 1.67. The molecular weight excluding hydrogens is 384 g/mol. The zero-order chi connectivity index (χ0) is 20.4. The first kappa shape index (κ1) is 19.3. The standard InChI is InChI=1S/C22H22N4O2S/c1-14-20-16(21(27)23-13-18(26(2)3)19-10-7-11-29-19)12-17(24-22(20)28-25-14)15-8-5-4-6-9-15/h4-12,18H,13H2,1-3H3,(H,23,27). The molecule has 4 rings (SSSR count). The summed E-state index contributed by atoms with van der Waals surface area (Å²) in [6.07, 6.45) is 0. The van der Waals surface area contributed by atoms with Gasteiger partial charge in [-0.3, -0.25) is 4.79 Å². The topological polar surface area (TPSA) is 71.3 Å². The number of amides is 1. The van der Waals surface area contributed by atoms with Crippen molar-refractivity contribution in [2.75, 3.05) is 20.6 Å². The molecule has 1 atom stereocenters. The van der Waals surface area contributed by atoms with Crippen molar-refractivity contribution in [1.82, 2.24) is 20.4 Å². The zero-order valence-electron chi connectivity index (χ0n) is 16.5. The highest BCUT2D eigenvalue weighted by Crippen LogP contribution is 2.27. The van der Waals surface area contributed by atoms with E-state index < -0.39 is 0 Å². The van der Waals surface area contributed by atoms with E-state index in [4.69, 9.17) is 4.52 Å². The molecule has 0 aliphatic carbocycles. The number of aryl methyl sites for hydroxylation is 1. The molecule has 1 aromatic carbocycles. The smallest absolute Gasteiger partial charge is 0.259 e. The van der Waals surface area contributed by atoms with Gasteiger partial charge in [-0.15, -0.1) is 11.3 Å². The highest BCUT2D eigenvalue weighted by molar-refractivity contribution is 7.10. The molecule has 1 unspecified atom stereocenters. The number of aromatic nitrogens is 2. The second-order valence-electron chi connectivity index (χ2n) is 7.07. The summed E-state index contributed by atoms with van der Waals surface area (Å²) in [7, 11) is 4.03. The number of nitrogens with one attached hydrogen (secondary N) is 1. The third-order valence-electron chi connectivity index (χ3n) is 4.88. The number of pyridine rings is 1. The first-order valence-corrected chi connectivity index (χ1v) is 10.2. The summed E-state index contributed by atoms with van der Waals surface area (Å²) in [5.74, 6) is -0.163. The summed E-state index contributed by atoms with van der Waals surface area (Å²) in [6, 6.07) is 15.8. The van der Waals surface area contributed by atoms with Crippen LogP contribution in [0.4, 0.5) is 0 Å². The maximum atomic E-state index is 13.2. The van der Waals surface area contributed by atoms with Crippen molar-refractivity contribution in [3.63, 3.8) is 0 Å². The van der Waals surface area contributed by atoms with Gasteiger partial charge in [-0.2, -0.15) is 0 Å². The Labute approximate surface area is 173 Å². The fraction of sp³-hybridized carbons (Fsp3) is 0.227. The van der Waals surface area contributed by atoms with Crippen molar-refractivity contribution in [3.8, 4) is 11.3 Å². The number of hydrogen-bond acceptors (Lipinski definition) is 6. The fourth-order valence-corrected chi connectivity index (χ4v) is 4.26. The lowest BCUT2D eigenvalue weighted by Gasteiger charge is -2.23. The van der Waals surface area contributed by atoms with Crippen LogP contribution in [-0.4, -0.2) is 41.6 Å². The summed E-state index contributed by atoms with van der Waals surface area (Å²) in [5.41, 5.74) is 3.15. The Kier molecular flexibility index (Phi) is 5.42. The van der Waals surface area contributed by atoms with E-state index in [0.29, 0.717) is 34.6 Å². The Morgan fingerprint density at radius 2 is 2.00 bits per heavy atom. The van der Waals surface area contributed by atoms with Crippen molar-refractivity contribution < 1.29 is 9.32 Å². The van der Waals surface area contributed by atoms with Crippen molar-refractivity contribution in [2.45, 2.75) is 13.0 Å². The van der Waals surface area contributed by atoms with Gasteiger partial charge in [-0.05, 0) is 38.5 Å². The van der Waals surface area contributed by atoms with Crippen LogP contribution in [0.3, 0.4) is 0 Å². The third-order valence-corrected chi connectivity index (χ3v) is 5.86. The number of nitrogens with zero attached hydrogens (tertiary/aromatic N) is 3. The molecule has 0 aliphatic rings. The van der Waals surface area contributed by atoms with Gasteiger partial charge in [0.05, 0.1) is 28.4 Å². The lowest BCUT2D eigenvalue weighted by atomic mass is 10.0. The minimum Gasteiger partial charge on any atom is -0.350 e. The minimum atomic E-state index is -0.163. The number of thiophene rings is 1. The van der Waals surface area contributed by atoms with Crippen molar-refractivity contribution in [1.29, 1.82) is 0 Å². The second-order valence-corrected chi connectivity index (χ2v) is 8.05. The van der Waals surface area contributed by atoms with Crippen LogP contribution in [0.25, 0.3) is 22.4 Å². The Morgan fingerprint density at radius 1 is 1.21 bits per heavy atom. The predicted molar refractivity (Wildman–Crippen MR) is 115 cm³/mol. The average molecular weight is 407 g/mol. The van der Waals surface area contributed by atoms with Gasteiger partial charge in [-0.1, -0.05) is 41.6 Å². The molecule has 1 amide bonds. The summed E-state index contributed by atoms with van der Waals surface area (Å²) in [5, 5.41) is 9.80. The summed E-state index contributed by atoms with van der Waals surface area (Å²) >= 11 is 1.68. The average Bonchev–Trinajstić information content (AvgIpc) is 3.38. The summed E-state index contributed by atoms with van der Waals surface area (Å²) in [6.45, 7) is 2.32. The van der Waals surface area contributed by atoms with Gasteiger partial charge in [0.25, 0.3) is 11.6 Å². The van der Waals surface area contributed by atoms with Crippen molar-refractivity contribution in [3.05, 3.63) is 70.0 Å². The molecule has 4 aromatic rings. The maximum absolute atomic E-state index is 13.2. The van der Waals surface area contributed by atoms with Gasteiger partial charge in [0.15, 0.2) is 0 Å². The highest BCUT2D eigenvalue weighted by atomic mass is 32.1. The molecule has 148 valence electrons. The van der Waals surface area contributed by atoms with E-state index in [2.05, 4.69) is 26.4 Å². The molecule has 29 heavy (non-hydrogen) atoms. The SMILES string of the molecule is Cc1noc2nc(-c3ccccc3)cc(C(=O)NCC(c3cccs3)N(C)C)c12. The monoisotopic (exact) mass is 406 g/mol. The first-order valence-electron chi connectivity index (χ1n) is 9.35. The molecule has 0 radical (unpaired) electrons. The van der Waals surface area contributed by atoms with E-state index in [9.17, 15) is 4.79 Å². The quantitative estimate of drug-likeness (QED) is 0.517. The second kappa shape index (κ2) is 8.14. The Morgan fingerprint density at radius 3 is 2.69 bits per heavy atom. The van der Waals surface area contributed by atoms with Crippen LogP contribution in [0.1, 0.15) is 27.0 Å².